The van der Waals surface area contributed by atoms with E-state index in [0.717, 1.165) is 32.2 Å². The van der Waals surface area contributed by atoms with Gasteiger partial charge < -0.3 is 5.32 Å². The number of hydrogen-bond donors (Lipinski definition) is 2. The molecule has 1 fully saturated rings. The molecule has 0 bridgehead atoms. The quantitative estimate of drug-likeness (QED) is 0.869. The highest BCUT2D eigenvalue weighted by molar-refractivity contribution is 5.82. The van der Waals surface area contributed by atoms with Crippen LogP contribution in [0.15, 0.2) is 24.3 Å². The molecule has 1 aliphatic heterocycles. The van der Waals surface area contributed by atoms with Gasteiger partial charge in [0, 0.05) is 12.6 Å². The number of rotatable bonds is 2. The van der Waals surface area contributed by atoms with Crippen molar-refractivity contribution in [3.8, 4) is 0 Å². The lowest BCUT2D eigenvalue weighted by molar-refractivity contribution is -0.124. The van der Waals surface area contributed by atoms with E-state index in [0.29, 0.717) is 6.04 Å². The molecule has 2 aliphatic rings. The summed E-state index contributed by atoms with van der Waals surface area (Å²) >= 11 is 0. The van der Waals surface area contributed by atoms with Crippen molar-refractivity contribution in [2.75, 3.05) is 6.54 Å². The van der Waals surface area contributed by atoms with Gasteiger partial charge in [-0.25, -0.2) is 0 Å². The highest BCUT2D eigenvalue weighted by Crippen LogP contribution is 2.41. The van der Waals surface area contributed by atoms with Crippen molar-refractivity contribution in [1.29, 1.82) is 0 Å². The summed E-state index contributed by atoms with van der Waals surface area (Å²) in [5, 5.41) is 6.55. The Morgan fingerprint density at radius 3 is 2.80 bits per heavy atom. The summed E-state index contributed by atoms with van der Waals surface area (Å²) in [5.41, 5.74) is 3.05. The van der Waals surface area contributed by atoms with Gasteiger partial charge >= 0.3 is 0 Å². The number of nitrogens with one attached hydrogen (secondary N) is 2. The summed E-state index contributed by atoms with van der Waals surface area (Å²) in [6.45, 7) is 5.45. The first kappa shape index (κ1) is 13.6. The predicted molar refractivity (Wildman–Crippen MR) is 80.6 cm³/mol. The summed E-state index contributed by atoms with van der Waals surface area (Å²) in [6.07, 6.45) is 4.29. The van der Waals surface area contributed by atoms with Crippen molar-refractivity contribution in [1.82, 2.24) is 10.6 Å². The molecular formula is C17H24N2O. The number of piperidine rings is 1. The summed E-state index contributed by atoms with van der Waals surface area (Å²) in [6, 6.07) is 8.97. The third-order valence-corrected chi connectivity index (χ3v) is 4.81. The summed E-state index contributed by atoms with van der Waals surface area (Å²) < 4.78 is 0. The van der Waals surface area contributed by atoms with Gasteiger partial charge in [-0.15, -0.1) is 0 Å². The highest BCUT2D eigenvalue weighted by atomic mass is 16.2. The van der Waals surface area contributed by atoms with Gasteiger partial charge in [0.1, 0.15) is 0 Å². The Bertz CT molecular complexity index is 509. The topological polar surface area (TPSA) is 41.1 Å². The molecule has 3 heteroatoms. The Hall–Kier alpha value is -1.35. The first-order valence-corrected chi connectivity index (χ1v) is 7.71. The van der Waals surface area contributed by atoms with Crippen LogP contribution in [0.3, 0.4) is 0 Å². The molecule has 2 unspecified atom stereocenters. The van der Waals surface area contributed by atoms with Crippen LogP contribution in [-0.4, -0.2) is 18.5 Å². The molecule has 2 N–H and O–H groups in total. The smallest absolute Gasteiger partial charge is 0.237 e. The first-order chi connectivity index (χ1) is 9.58. The number of benzene rings is 1. The molecule has 0 spiro atoms. The molecule has 1 saturated heterocycles. The average Bonchev–Trinajstić information content (AvgIpc) is 2.44. The van der Waals surface area contributed by atoms with E-state index in [2.05, 4.69) is 48.7 Å². The zero-order valence-electron chi connectivity index (χ0n) is 12.4. The Morgan fingerprint density at radius 1 is 1.20 bits per heavy atom. The molecule has 3 nitrogen and oxygen atoms in total. The fourth-order valence-corrected chi connectivity index (χ4v) is 3.56. The third kappa shape index (κ3) is 2.47. The van der Waals surface area contributed by atoms with Crippen LogP contribution in [0.5, 0.6) is 0 Å². The highest BCUT2D eigenvalue weighted by Gasteiger charge is 2.34. The van der Waals surface area contributed by atoms with Gasteiger partial charge in [0.25, 0.3) is 0 Å². The van der Waals surface area contributed by atoms with Crippen LogP contribution in [-0.2, 0) is 10.2 Å². The van der Waals surface area contributed by atoms with Crippen molar-refractivity contribution in [3.05, 3.63) is 35.4 Å². The first-order valence-electron chi connectivity index (χ1n) is 7.71. The molecular weight excluding hydrogens is 248 g/mol. The predicted octanol–water partition coefficient (Wildman–Crippen LogP) is 2.67. The van der Waals surface area contributed by atoms with Crippen molar-refractivity contribution in [2.45, 2.75) is 57.0 Å². The largest absolute Gasteiger partial charge is 0.355 e. The van der Waals surface area contributed by atoms with E-state index in [4.69, 9.17) is 0 Å². The van der Waals surface area contributed by atoms with Gasteiger partial charge in [-0.05, 0) is 42.2 Å². The van der Waals surface area contributed by atoms with Crippen LogP contribution in [0.2, 0.25) is 0 Å². The van der Waals surface area contributed by atoms with E-state index in [1.165, 1.54) is 11.1 Å². The molecule has 0 aromatic heterocycles. The van der Waals surface area contributed by atoms with E-state index in [9.17, 15) is 4.79 Å². The number of hydrogen-bond acceptors (Lipinski definition) is 2. The van der Waals surface area contributed by atoms with Gasteiger partial charge in [0.05, 0.1) is 6.04 Å². The van der Waals surface area contributed by atoms with Gasteiger partial charge in [0.15, 0.2) is 0 Å². The second-order valence-electron chi connectivity index (χ2n) is 6.71. The molecule has 1 aliphatic carbocycles. The molecule has 2 atom stereocenters. The Balaban J connectivity index is 1.83. The minimum absolute atomic E-state index is 0.0250. The van der Waals surface area contributed by atoms with Gasteiger partial charge in [-0.2, -0.15) is 0 Å². The van der Waals surface area contributed by atoms with Gasteiger partial charge in [-0.1, -0.05) is 38.1 Å². The molecule has 1 amide bonds. The minimum atomic E-state index is -0.0250. The summed E-state index contributed by atoms with van der Waals surface area (Å²) in [5.74, 6) is 0.165. The number of carbonyl (C=O) groups excluding carboxylic acids is 1. The molecule has 20 heavy (non-hydrogen) atoms. The number of amides is 1. The lowest BCUT2D eigenvalue weighted by Crippen LogP contribution is -2.50. The second kappa shape index (κ2) is 5.21. The zero-order valence-corrected chi connectivity index (χ0v) is 12.4. The molecule has 1 aromatic carbocycles. The molecule has 108 valence electrons. The van der Waals surface area contributed by atoms with Crippen LogP contribution in [0, 0.1) is 0 Å². The molecule has 0 saturated carbocycles. The maximum absolute atomic E-state index is 11.9. The van der Waals surface area contributed by atoms with Crippen molar-refractivity contribution >= 4 is 5.91 Å². The maximum atomic E-state index is 11.9. The van der Waals surface area contributed by atoms with Crippen LogP contribution < -0.4 is 10.6 Å². The molecule has 3 rings (SSSR count). The Morgan fingerprint density at radius 2 is 2.00 bits per heavy atom. The fraction of sp³-hybridized carbons (Fsp3) is 0.588. The van der Waals surface area contributed by atoms with E-state index >= 15 is 0 Å². The summed E-state index contributed by atoms with van der Waals surface area (Å²) in [7, 11) is 0. The van der Waals surface area contributed by atoms with E-state index in [1.807, 2.05) is 0 Å². The van der Waals surface area contributed by atoms with Crippen LogP contribution in [0.25, 0.3) is 0 Å². The van der Waals surface area contributed by atoms with E-state index in [-0.39, 0.29) is 17.4 Å². The third-order valence-electron chi connectivity index (χ3n) is 4.81. The number of fused-ring (bicyclic) bond motifs is 1. The lowest BCUT2D eigenvalue weighted by atomic mass is 9.71. The SMILES string of the molecule is CC1(C)CCC(NC2CCCNC2=O)c2ccccc21. The minimum Gasteiger partial charge on any atom is -0.355 e. The van der Waals surface area contributed by atoms with E-state index < -0.39 is 0 Å². The Labute approximate surface area is 121 Å². The second-order valence-corrected chi connectivity index (χ2v) is 6.71. The maximum Gasteiger partial charge on any atom is 0.237 e. The number of carbonyl (C=O) groups is 1. The molecule has 0 radical (unpaired) electrons. The molecule has 1 heterocycles. The van der Waals surface area contributed by atoms with Crippen molar-refractivity contribution in [3.63, 3.8) is 0 Å². The van der Waals surface area contributed by atoms with Crippen LogP contribution in [0.1, 0.15) is 56.7 Å². The van der Waals surface area contributed by atoms with Crippen LogP contribution in [0.4, 0.5) is 0 Å². The lowest BCUT2D eigenvalue weighted by Gasteiger charge is -2.39. The van der Waals surface area contributed by atoms with Crippen molar-refractivity contribution in [2.24, 2.45) is 0 Å². The standard InChI is InChI=1S/C17H24N2O/c1-17(2)10-9-14(12-6-3-4-7-13(12)17)19-15-8-5-11-18-16(15)20/h3-4,6-7,14-15,19H,5,8-11H2,1-2H3,(H,18,20). The fourth-order valence-electron chi connectivity index (χ4n) is 3.56. The summed E-state index contributed by atoms with van der Waals surface area (Å²) in [4.78, 5) is 11.9. The molecule has 1 aromatic rings. The monoisotopic (exact) mass is 272 g/mol. The normalized spacial score (nSPS) is 28.6. The Kier molecular flexibility index (Phi) is 3.55. The van der Waals surface area contributed by atoms with Crippen LogP contribution >= 0.6 is 0 Å². The van der Waals surface area contributed by atoms with E-state index in [1.54, 1.807) is 0 Å². The zero-order chi connectivity index (χ0) is 14.2. The van der Waals surface area contributed by atoms with Gasteiger partial charge in [-0.3, -0.25) is 10.1 Å². The average molecular weight is 272 g/mol. The van der Waals surface area contributed by atoms with Gasteiger partial charge in [0.2, 0.25) is 5.91 Å². The van der Waals surface area contributed by atoms with Crippen molar-refractivity contribution < 1.29 is 4.79 Å².